The summed E-state index contributed by atoms with van der Waals surface area (Å²) in [5.41, 5.74) is 3.35. The third-order valence-corrected chi connectivity index (χ3v) is 6.95. The molecular formula is C24H29NO4. The van der Waals surface area contributed by atoms with Crippen molar-refractivity contribution in [1.29, 1.82) is 0 Å². The zero-order chi connectivity index (χ0) is 20.0. The van der Waals surface area contributed by atoms with E-state index in [2.05, 4.69) is 37.4 Å². The Kier molecular flexibility index (Phi) is 4.75. The predicted octanol–water partition coefficient (Wildman–Crippen LogP) is 4.36. The molecule has 0 bridgehead atoms. The summed E-state index contributed by atoms with van der Waals surface area (Å²) in [5, 5.41) is 4.59. The summed E-state index contributed by atoms with van der Waals surface area (Å²) < 4.78 is 17.3. The fraction of sp³-hybridized carbons (Fsp3) is 0.542. The summed E-state index contributed by atoms with van der Waals surface area (Å²) in [6.07, 6.45) is 8.02. The molecule has 5 atom stereocenters. The molecule has 1 N–H and O–H groups in total. The fourth-order valence-corrected chi connectivity index (χ4v) is 5.07. The van der Waals surface area contributed by atoms with Crippen LogP contribution in [0, 0.1) is 11.8 Å². The third kappa shape index (κ3) is 3.62. The van der Waals surface area contributed by atoms with Crippen LogP contribution in [0.15, 0.2) is 46.6 Å². The Morgan fingerprint density at radius 1 is 1.28 bits per heavy atom. The number of nitrogens with one attached hydrogen (secondary N) is 1. The molecule has 2 fully saturated rings. The Balaban J connectivity index is 1.27. The van der Waals surface area contributed by atoms with E-state index in [1.54, 1.807) is 6.26 Å². The average Bonchev–Trinajstić information content (AvgIpc) is 3.01. The van der Waals surface area contributed by atoms with Crippen LogP contribution in [0.5, 0.6) is 0 Å². The van der Waals surface area contributed by atoms with Crippen LogP contribution < -0.4 is 5.32 Å². The molecule has 5 heteroatoms. The summed E-state index contributed by atoms with van der Waals surface area (Å²) in [5.74, 6) is 0.0227. The number of epoxide rings is 1. The molecule has 3 heterocycles. The van der Waals surface area contributed by atoms with Gasteiger partial charge < -0.3 is 19.2 Å². The number of carbonyl (C=O) groups is 1. The number of hydrogen-bond donors (Lipinski definition) is 1. The molecule has 0 saturated carbocycles. The fourth-order valence-electron chi connectivity index (χ4n) is 5.07. The molecule has 1 aromatic carbocycles. The first-order valence-corrected chi connectivity index (χ1v) is 10.7. The van der Waals surface area contributed by atoms with E-state index >= 15 is 0 Å². The Morgan fingerprint density at radius 2 is 2.17 bits per heavy atom. The highest BCUT2D eigenvalue weighted by Crippen LogP contribution is 2.50. The quantitative estimate of drug-likeness (QED) is 0.473. The van der Waals surface area contributed by atoms with Crippen LogP contribution in [0.2, 0.25) is 0 Å². The van der Waals surface area contributed by atoms with Crippen LogP contribution in [-0.4, -0.2) is 30.3 Å². The van der Waals surface area contributed by atoms with Crippen molar-refractivity contribution in [2.24, 2.45) is 11.8 Å². The minimum Gasteiger partial charge on any atom is -0.464 e. The Morgan fingerprint density at radius 3 is 3.07 bits per heavy atom. The number of ether oxygens (including phenoxy) is 2. The highest BCUT2D eigenvalue weighted by Gasteiger charge is 2.62. The molecule has 1 aliphatic carbocycles. The van der Waals surface area contributed by atoms with E-state index in [1.807, 2.05) is 12.1 Å². The Hall–Kier alpha value is -2.11. The van der Waals surface area contributed by atoms with E-state index in [1.165, 1.54) is 11.1 Å². The second kappa shape index (κ2) is 7.29. The van der Waals surface area contributed by atoms with Gasteiger partial charge in [0, 0.05) is 24.4 Å². The van der Waals surface area contributed by atoms with E-state index in [0.717, 1.165) is 43.2 Å². The number of fused-ring (bicyclic) bond motifs is 4. The first kappa shape index (κ1) is 18.9. The van der Waals surface area contributed by atoms with Gasteiger partial charge in [-0.25, -0.2) is 0 Å². The van der Waals surface area contributed by atoms with Crippen LogP contribution in [-0.2, 0) is 20.8 Å². The van der Waals surface area contributed by atoms with Gasteiger partial charge in [-0.2, -0.15) is 0 Å². The van der Waals surface area contributed by atoms with Gasteiger partial charge in [0.1, 0.15) is 17.8 Å². The van der Waals surface area contributed by atoms with Crippen molar-refractivity contribution in [2.75, 3.05) is 6.54 Å². The second-order valence-corrected chi connectivity index (χ2v) is 9.07. The maximum atomic E-state index is 12.7. The van der Waals surface area contributed by atoms with E-state index in [0.29, 0.717) is 6.54 Å². The zero-order valence-electron chi connectivity index (χ0n) is 17.1. The minimum absolute atomic E-state index is 0.0526. The van der Waals surface area contributed by atoms with Gasteiger partial charge in [-0.05, 0) is 63.3 Å². The van der Waals surface area contributed by atoms with Gasteiger partial charge in [-0.1, -0.05) is 17.7 Å². The molecule has 0 amide bonds. The number of benzene rings is 1. The third-order valence-electron chi connectivity index (χ3n) is 6.95. The maximum absolute atomic E-state index is 12.7. The summed E-state index contributed by atoms with van der Waals surface area (Å²) in [6, 6.07) is 8.16. The number of carbonyl (C=O) groups excluding carboxylic acids is 1. The van der Waals surface area contributed by atoms with Gasteiger partial charge >= 0.3 is 5.97 Å². The van der Waals surface area contributed by atoms with Crippen LogP contribution in [0.3, 0.4) is 0 Å². The second-order valence-electron chi connectivity index (χ2n) is 9.07. The van der Waals surface area contributed by atoms with E-state index in [9.17, 15) is 4.79 Å². The van der Waals surface area contributed by atoms with Crippen molar-refractivity contribution in [3.05, 3.63) is 47.7 Å². The molecule has 1 aromatic heterocycles. The van der Waals surface area contributed by atoms with Crippen molar-refractivity contribution in [3.8, 4) is 0 Å². The molecule has 5 rings (SSSR count). The van der Waals surface area contributed by atoms with Crippen LogP contribution >= 0.6 is 0 Å². The number of allylic oxidation sites excluding steroid dienone is 2. The van der Waals surface area contributed by atoms with E-state index in [4.69, 9.17) is 13.9 Å². The summed E-state index contributed by atoms with van der Waals surface area (Å²) in [7, 11) is 0. The van der Waals surface area contributed by atoms with Gasteiger partial charge in [-0.3, -0.25) is 4.79 Å². The maximum Gasteiger partial charge on any atom is 0.311 e. The van der Waals surface area contributed by atoms with Crippen molar-refractivity contribution in [2.45, 2.75) is 63.9 Å². The van der Waals surface area contributed by atoms with Gasteiger partial charge in [0.25, 0.3) is 0 Å². The van der Waals surface area contributed by atoms with Gasteiger partial charge in [0.15, 0.2) is 0 Å². The lowest BCUT2D eigenvalue weighted by Gasteiger charge is -2.22. The minimum atomic E-state index is -0.139. The molecule has 2 aromatic rings. The summed E-state index contributed by atoms with van der Waals surface area (Å²) in [6.45, 7) is 5.71. The van der Waals surface area contributed by atoms with E-state index < -0.39 is 0 Å². The smallest absolute Gasteiger partial charge is 0.311 e. The normalized spacial score (nSPS) is 34.3. The molecule has 0 spiro atoms. The summed E-state index contributed by atoms with van der Waals surface area (Å²) >= 11 is 0. The monoisotopic (exact) mass is 395 g/mol. The molecule has 154 valence electrons. The largest absolute Gasteiger partial charge is 0.464 e. The van der Waals surface area contributed by atoms with Gasteiger partial charge in [0.05, 0.1) is 17.8 Å². The van der Waals surface area contributed by atoms with Crippen molar-refractivity contribution in [1.82, 2.24) is 5.32 Å². The molecule has 0 unspecified atom stereocenters. The molecule has 2 saturated heterocycles. The standard InChI is InChI=1S/C24H29NO4/c1-15-4-3-10-24(2)22(29-24)21-18(7-5-15)19(23(26)28-21)14-25-13-16-6-8-20-17(12-16)9-11-27-20/h4,6,8-9,11-12,18-19,21-22,25H,3,5,7,10,13-14H2,1-2H3/t18-,19-,21-,22-,24+/m0/s1. The predicted molar refractivity (Wildman–Crippen MR) is 110 cm³/mol. The lowest BCUT2D eigenvalue weighted by atomic mass is 9.80. The van der Waals surface area contributed by atoms with Gasteiger partial charge in [0.2, 0.25) is 0 Å². The van der Waals surface area contributed by atoms with Crippen molar-refractivity contribution < 1.29 is 18.7 Å². The highest BCUT2D eigenvalue weighted by molar-refractivity contribution is 5.77. The average molecular weight is 395 g/mol. The lowest BCUT2D eigenvalue weighted by molar-refractivity contribution is -0.144. The van der Waals surface area contributed by atoms with Crippen LogP contribution in [0.25, 0.3) is 11.0 Å². The lowest BCUT2D eigenvalue weighted by Crippen LogP contribution is -2.34. The van der Waals surface area contributed by atoms with Crippen LogP contribution in [0.1, 0.15) is 45.1 Å². The van der Waals surface area contributed by atoms with Crippen LogP contribution in [0.4, 0.5) is 0 Å². The Labute approximate surface area is 171 Å². The number of hydrogen-bond acceptors (Lipinski definition) is 5. The molecule has 0 radical (unpaired) electrons. The highest BCUT2D eigenvalue weighted by atomic mass is 16.6. The van der Waals surface area contributed by atoms with Gasteiger partial charge in [-0.15, -0.1) is 0 Å². The summed E-state index contributed by atoms with van der Waals surface area (Å²) in [4.78, 5) is 12.7. The van der Waals surface area contributed by atoms with Crippen molar-refractivity contribution in [3.63, 3.8) is 0 Å². The molecule has 5 nitrogen and oxygen atoms in total. The van der Waals surface area contributed by atoms with Crippen molar-refractivity contribution >= 4 is 16.9 Å². The first-order valence-electron chi connectivity index (χ1n) is 10.7. The Bertz CT molecular complexity index is 947. The molecule has 2 aliphatic heterocycles. The molecular weight excluding hydrogens is 366 g/mol. The topological polar surface area (TPSA) is 64.0 Å². The number of furan rings is 1. The first-order chi connectivity index (χ1) is 14.0. The zero-order valence-corrected chi connectivity index (χ0v) is 17.1. The number of esters is 1. The number of rotatable bonds is 4. The molecule has 3 aliphatic rings. The van der Waals surface area contributed by atoms with E-state index in [-0.39, 0.29) is 35.6 Å². The SMILES string of the molecule is CC1=CCC[C@@]2(C)O[C@H]2[C@H]2OC(=O)[C@@H](CNCc3ccc4occc4c3)[C@@H]2CC1. The molecule has 29 heavy (non-hydrogen) atoms.